The summed E-state index contributed by atoms with van der Waals surface area (Å²) < 4.78 is 41.2. The minimum Gasteiger partial charge on any atom is -0.368 e. The Bertz CT molecular complexity index is 1030. The minimum atomic E-state index is -3.94. The third-order valence-electron chi connectivity index (χ3n) is 5.62. The molecule has 1 amide bonds. The van der Waals surface area contributed by atoms with Gasteiger partial charge in [0, 0.05) is 55.5 Å². The van der Waals surface area contributed by atoms with Crippen molar-refractivity contribution in [3.63, 3.8) is 0 Å². The van der Waals surface area contributed by atoms with Crippen molar-refractivity contribution in [2.45, 2.75) is 17.7 Å². The topological polar surface area (TPSA) is 60.9 Å². The number of benzene rings is 2. The first-order valence-corrected chi connectivity index (χ1v) is 11.8. The van der Waals surface area contributed by atoms with Crippen LogP contribution in [0.3, 0.4) is 0 Å². The van der Waals surface area contributed by atoms with E-state index in [4.69, 9.17) is 11.6 Å². The Kier molecular flexibility index (Phi) is 5.99. The highest BCUT2D eigenvalue weighted by Crippen LogP contribution is 2.25. The predicted molar refractivity (Wildman–Crippen MR) is 114 cm³/mol. The molecule has 2 heterocycles. The average Bonchev–Trinajstić information content (AvgIpc) is 3.30. The molecule has 0 radical (unpaired) electrons. The Hall–Kier alpha value is -2.16. The fourth-order valence-electron chi connectivity index (χ4n) is 3.90. The van der Waals surface area contributed by atoms with Crippen LogP contribution in [0.1, 0.15) is 23.2 Å². The van der Waals surface area contributed by atoms with Crippen molar-refractivity contribution in [1.29, 1.82) is 0 Å². The molecule has 2 fully saturated rings. The van der Waals surface area contributed by atoms with Gasteiger partial charge in [0.2, 0.25) is 10.0 Å². The lowest BCUT2D eigenvalue weighted by Gasteiger charge is -2.36. The average molecular weight is 452 g/mol. The quantitative estimate of drug-likeness (QED) is 0.716. The molecule has 0 aliphatic carbocycles. The maximum atomic E-state index is 14.3. The Balaban J connectivity index is 1.48. The van der Waals surface area contributed by atoms with Gasteiger partial charge in [-0.2, -0.15) is 4.31 Å². The second-order valence-corrected chi connectivity index (χ2v) is 9.85. The van der Waals surface area contributed by atoms with Crippen LogP contribution in [0.4, 0.5) is 10.1 Å². The van der Waals surface area contributed by atoms with Crippen molar-refractivity contribution in [2.75, 3.05) is 44.2 Å². The van der Waals surface area contributed by atoms with E-state index >= 15 is 0 Å². The summed E-state index contributed by atoms with van der Waals surface area (Å²) in [5, 5.41) is 0.670. The van der Waals surface area contributed by atoms with Crippen LogP contribution < -0.4 is 4.90 Å². The van der Waals surface area contributed by atoms with Gasteiger partial charge in [-0.3, -0.25) is 4.79 Å². The van der Waals surface area contributed by atoms with Crippen LogP contribution in [0.5, 0.6) is 0 Å². The second-order valence-electron chi connectivity index (χ2n) is 7.51. The number of piperazine rings is 1. The number of halogens is 2. The molecule has 2 saturated heterocycles. The molecule has 0 bridgehead atoms. The van der Waals surface area contributed by atoms with Gasteiger partial charge in [0.15, 0.2) is 0 Å². The number of carbonyl (C=O) groups is 1. The predicted octanol–water partition coefficient (Wildman–Crippen LogP) is 3.23. The van der Waals surface area contributed by atoms with Crippen LogP contribution >= 0.6 is 11.6 Å². The highest BCUT2D eigenvalue weighted by atomic mass is 35.5. The third kappa shape index (κ3) is 4.17. The Labute approximate surface area is 180 Å². The lowest BCUT2D eigenvalue weighted by Crippen LogP contribution is -2.48. The number of anilines is 1. The van der Waals surface area contributed by atoms with Gasteiger partial charge >= 0.3 is 0 Å². The van der Waals surface area contributed by atoms with Crippen LogP contribution in [0.2, 0.25) is 5.02 Å². The summed E-state index contributed by atoms with van der Waals surface area (Å²) in [5.41, 5.74) is 1.22. The van der Waals surface area contributed by atoms with E-state index in [0.29, 0.717) is 44.3 Å². The molecule has 0 aromatic heterocycles. The van der Waals surface area contributed by atoms with Gasteiger partial charge in [-0.1, -0.05) is 11.6 Å². The van der Waals surface area contributed by atoms with Gasteiger partial charge in [0.1, 0.15) is 10.7 Å². The van der Waals surface area contributed by atoms with Crippen LogP contribution in [0, 0.1) is 5.82 Å². The molecular weight excluding hydrogens is 429 g/mol. The zero-order valence-corrected chi connectivity index (χ0v) is 18.0. The first-order valence-electron chi connectivity index (χ1n) is 9.96. The highest BCUT2D eigenvalue weighted by molar-refractivity contribution is 7.89. The largest absolute Gasteiger partial charge is 0.368 e. The molecule has 0 saturated carbocycles. The minimum absolute atomic E-state index is 0.189. The van der Waals surface area contributed by atoms with E-state index in [2.05, 4.69) is 4.90 Å². The van der Waals surface area contributed by atoms with Crippen molar-refractivity contribution in [2.24, 2.45) is 0 Å². The second kappa shape index (κ2) is 8.53. The summed E-state index contributed by atoms with van der Waals surface area (Å²) in [6, 6.07) is 11.1. The van der Waals surface area contributed by atoms with Gasteiger partial charge in [0.25, 0.3) is 5.91 Å². The van der Waals surface area contributed by atoms with Crippen LogP contribution in [-0.2, 0) is 10.0 Å². The fourth-order valence-corrected chi connectivity index (χ4v) is 5.64. The molecule has 0 unspecified atom stereocenters. The number of nitrogens with zero attached hydrogens (tertiary/aromatic N) is 3. The van der Waals surface area contributed by atoms with E-state index < -0.39 is 20.7 Å². The molecule has 9 heteroatoms. The Morgan fingerprint density at radius 3 is 2.17 bits per heavy atom. The molecule has 0 N–H and O–H groups in total. The SMILES string of the molecule is O=C(c1ccc(F)c(S(=O)(=O)N2CCCC2)c1)N1CCN(c2ccc(Cl)cc2)CC1. The molecule has 160 valence electrons. The van der Waals surface area contributed by atoms with Gasteiger partial charge < -0.3 is 9.80 Å². The number of carbonyl (C=O) groups excluding carboxylic acids is 1. The standard InChI is InChI=1S/C21H23ClFN3O3S/c22-17-4-6-18(7-5-17)24-11-13-25(14-12-24)21(27)16-3-8-19(23)20(15-16)30(28,29)26-9-1-2-10-26/h3-8,15H,1-2,9-14H2. The van der Waals surface area contributed by atoms with Crippen molar-refractivity contribution < 1.29 is 17.6 Å². The maximum absolute atomic E-state index is 14.3. The molecule has 2 aromatic rings. The van der Waals surface area contributed by atoms with Crippen molar-refractivity contribution in [1.82, 2.24) is 9.21 Å². The zero-order valence-electron chi connectivity index (χ0n) is 16.4. The molecule has 2 aliphatic rings. The van der Waals surface area contributed by atoms with E-state index in [1.54, 1.807) is 4.90 Å². The molecule has 2 aliphatic heterocycles. The number of hydrogen-bond acceptors (Lipinski definition) is 4. The van der Waals surface area contributed by atoms with Crippen LogP contribution in [-0.4, -0.2) is 62.8 Å². The molecule has 2 aromatic carbocycles. The third-order valence-corrected chi connectivity index (χ3v) is 7.79. The van der Waals surface area contributed by atoms with Gasteiger partial charge in [-0.05, 0) is 55.3 Å². The first-order chi connectivity index (χ1) is 14.4. The van der Waals surface area contributed by atoms with Crippen molar-refractivity contribution in [3.8, 4) is 0 Å². The molecule has 6 nitrogen and oxygen atoms in total. The smallest absolute Gasteiger partial charge is 0.254 e. The summed E-state index contributed by atoms with van der Waals surface area (Å²) >= 11 is 5.94. The van der Waals surface area contributed by atoms with Crippen molar-refractivity contribution >= 4 is 33.2 Å². The molecule has 0 spiro atoms. The fraction of sp³-hybridized carbons (Fsp3) is 0.381. The van der Waals surface area contributed by atoms with E-state index in [1.165, 1.54) is 16.4 Å². The van der Waals surface area contributed by atoms with Crippen molar-refractivity contribution in [3.05, 3.63) is 58.9 Å². The van der Waals surface area contributed by atoms with Gasteiger partial charge in [-0.15, -0.1) is 0 Å². The zero-order chi connectivity index (χ0) is 21.3. The van der Waals surface area contributed by atoms with Gasteiger partial charge in [0.05, 0.1) is 0 Å². The van der Waals surface area contributed by atoms with Crippen LogP contribution in [0.15, 0.2) is 47.4 Å². The summed E-state index contributed by atoms with van der Waals surface area (Å²) in [5.74, 6) is -1.12. The summed E-state index contributed by atoms with van der Waals surface area (Å²) in [6.45, 7) is 3.04. The summed E-state index contributed by atoms with van der Waals surface area (Å²) in [7, 11) is -3.94. The lowest BCUT2D eigenvalue weighted by molar-refractivity contribution is 0.0746. The van der Waals surface area contributed by atoms with Gasteiger partial charge in [-0.25, -0.2) is 12.8 Å². The van der Waals surface area contributed by atoms with E-state index in [-0.39, 0.29) is 11.5 Å². The lowest BCUT2D eigenvalue weighted by atomic mass is 10.1. The maximum Gasteiger partial charge on any atom is 0.254 e. The monoisotopic (exact) mass is 451 g/mol. The molecule has 0 atom stereocenters. The van der Waals surface area contributed by atoms with E-state index in [0.717, 1.165) is 24.6 Å². The van der Waals surface area contributed by atoms with E-state index in [9.17, 15) is 17.6 Å². The Morgan fingerprint density at radius 2 is 1.53 bits per heavy atom. The van der Waals surface area contributed by atoms with Crippen LogP contribution in [0.25, 0.3) is 0 Å². The highest BCUT2D eigenvalue weighted by Gasteiger charge is 2.31. The Morgan fingerprint density at radius 1 is 0.900 bits per heavy atom. The normalized spacial score (nSPS) is 18.1. The molecular formula is C21H23ClFN3O3S. The number of amides is 1. The number of hydrogen-bond donors (Lipinski definition) is 0. The van der Waals surface area contributed by atoms with E-state index in [1.807, 2.05) is 24.3 Å². The first kappa shape index (κ1) is 21.1. The number of rotatable bonds is 4. The summed E-state index contributed by atoms with van der Waals surface area (Å²) in [6.07, 6.45) is 1.52. The number of sulfonamides is 1. The molecule has 4 rings (SSSR count). The molecule has 30 heavy (non-hydrogen) atoms. The summed E-state index contributed by atoms with van der Waals surface area (Å²) in [4.78, 5) is 16.4.